The van der Waals surface area contributed by atoms with Crippen LogP contribution in [0.3, 0.4) is 0 Å². The summed E-state index contributed by atoms with van der Waals surface area (Å²) in [5, 5.41) is 2.47. The summed E-state index contributed by atoms with van der Waals surface area (Å²) >= 11 is 0. The van der Waals surface area contributed by atoms with Crippen LogP contribution < -0.4 is 0 Å². The summed E-state index contributed by atoms with van der Waals surface area (Å²) in [6, 6.07) is 8.39. The molecule has 3 rings (SSSR count). The maximum absolute atomic E-state index is 4.04. The molecule has 0 spiro atoms. The largest absolute Gasteiger partial charge is 0.303 e. The Kier molecular flexibility index (Phi) is 5.75. The molecule has 0 N–H and O–H groups in total. The van der Waals surface area contributed by atoms with Crippen molar-refractivity contribution in [2.24, 2.45) is 11.8 Å². The van der Waals surface area contributed by atoms with E-state index >= 15 is 0 Å². The van der Waals surface area contributed by atoms with Gasteiger partial charge in [-0.3, -0.25) is 4.98 Å². The molecule has 0 aliphatic carbocycles. The molecule has 1 aliphatic rings. The quantitative estimate of drug-likeness (QED) is 0.805. The van der Waals surface area contributed by atoms with Crippen molar-refractivity contribution in [2.45, 2.75) is 34.1 Å². The monoisotopic (exact) mass is 284 g/mol. The second kappa shape index (κ2) is 7.56. The van der Waals surface area contributed by atoms with E-state index in [1.54, 1.807) is 0 Å². The van der Waals surface area contributed by atoms with E-state index in [0.29, 0.717) is 0 Å². The van der Waals surface area contributed by atoms with Crippen LogP contribution in [0.2, 0.25) is 0 Å². The zero-order valence-electron chi connectivity index (χ0n) is 13.8. The molecule has 0 unspecified atom stereocenters. The molecule has 0 saturated carbocycles. The van der Waals surface area contributed by atoms with Crippen molar-refractivity contribution in [3.63, 3.8) is 0 Å². The predicted molar refractivity (Wildman–Crippen MR) is 91.5 cm³/mol. The van der Waals surface area contributed by atoms with Crippen LogP contribution in [0.1, 0.15) is 32.8 Å². The Morgan fingerprint density at radius 3 is 2.71 bits per heavy atom. The third kappa shape index (κ3) is 5.13. The first-order valence-corrected chi connectivity index (χ1v) is 8.07. The van der Waals surface area contributed by atoms with E-state index in [1.807, 2.05) is 18.5 Å². The molecule has 2 heteroatoms. The number of pyridine rings is 1. The van der Waals surface area contributed by atoms with E-state index in [4.69, 9.17) is 0 Å². The fraction of sp³-hybridized carbons (Fsp3) is 0.526. The van der Waals surface area contributed by atoms with E-state index in [9.17, 15) is 0 Å². The molecule has 1 fully saturated rings. The number of nitrogens with zero attached hydrogens (tertiary/aromatic N) is 2. The summed E-state index contributed by atoms with van der Waals surface area (Å²) < 4.78 is 0. The van der Waals surface area contributed by atoms with Crippen LogP contribution in [0, 0.1) is 18.8 Å². The zero-order chi connectivity index (χ0) is 15.2. The lowest BCUT2D eigenvalue weighted by atomic mass is 10.1. The van der Waals surface area contributed by atoms with Crippen LogP contribution in [-0.2, 0) is 0 Å². The highest BCUT2D eigenvalue weighted by Gasteiger charge is 2.18. The van der Waals surface area contributed by atoms with Crippen LogP contribution in [0.25, 0.3) is 10.8 Å². The molecule has 0 amide bonds. The van der Waals surface area contributed by atoms with Gasteiger partial charge in [-0.2, -0.15) is 0 Å². The molecular weight excluding hydrogens is 256 g/mol. The molecule has 0 radical (unpaired) electrons. The Balaban J connectivity index is 0.000000155. The van der Waals surface area contributed by atoms with E-state index < -0.39 is 0 Å². The third-order valence-electron chi connectivity index (χ3n) is 3.93. The summed E-state index contributed by atoms with van der Waals surface area (Å²) in [7, 11) is 0. The topological polar surface area (TPSA) is 16.1 Å². The SMILES string of the molecule is CC(C)CN1CC[C@@H](C)C1.Cc1ccc2cnccc2c1. The van der Waals surface area contributed by atoms with Crippen molar-refractivity contribution in [2.75, 3.05) is 19.6 Å². The molecule has 114 valence electrons. The van der Waals surface area contributed by atoms with Gasteiger partial charge in [0.15, 0.2) is 0 Å². The fourth-order valence-electron chi connectivity index (χ4n) is 2.91. The molecule has 2 heterocycles. The number of hydrogen-bond donors (Lipinski definition) is 0. The van der Waals surface area contributed by atoms with Crippen LogP contribution in [-0.4, -0.2) is 29.5 Å². The number of aromatic nitrogens is 1. The first-order valence-electron chi connectivity index (χ1n) is 8.07. The Morgan fingerprint density at radius 1 is 1.24 bits per heavy atom. The highest BCUT2D eigenvalue weighted by atomic mass is 15.1. The second-order valence-electron chi connectivity index (χ2n) is 6.77. The van der Waals surface area contributed by atoms with Crippen LogP contribution >= 0.6 is 0 Å². The van der Waals surface area contributed by atoms with Gasteiger partial charge in [-0.05, 0) is 43.2 Å². The lowest BCUT2D eigenvalue weighted by molar-refractivity contribution is 0.290. The normalized spacial score (nSPS) is 18.8. The van der Waals surface area contributed by atoms with Crippen LogP contribution in [0.15, 0.2) is 36.7 Å². The lowest BCUT2D eigenvalue weighted by Crippen LogP contribution is -2.24. The van der Waals surface area contributed by atoms with Gasteiger partial charge in [0, 0.05) is 30.9 Å². The molecule has 0 bridgehead atoms. The number of fused-ring (bicyclic) bond motifs is 1. The summed E-state index contributed by atoms with van der Waals surface area (Å²) in [5.41, 5.74) is 1.30. The van der Waals surface area contributed by atoms with Crippen LogP contribution in [0.4, 0.5) is 0 Å². The summed E-state index contributed by atoms with van der Waals surface area (Å²) in [5.74, 6) is 1.78. The van der Waals surface area contributed by atoms with Gasteiger partial charge in [0.05, 0.1) is 0 Å². The Morgan fingerprint density at radius 2 is 2.05 bits per heavy atom. The molecular formula is C19H28N2. The second-order valence-corrected chi connectivity index (χ2v) is 6.77. The number of hydrogen-bond acceptors (Lipinski definition) is 2. The minimum atomic E-state index is 0.838. The van der Waals surface area contributed by atoms with Crippen molar-refractivity contribution in [3.05, 3.63) is 42.2 Å². The number of likely N-dealkylation sites (tertiary alicyclic amines) is 1. The third-order valence-corrected chi connectivity index (χ3v) is 3.93. The number of aryl methyl sites for hydroxylation is 1. The Hall–Kier alpha value is -1.41. The predicted octanol–water partition coefficient (Wildman–Crippen LogP) is 4.53. The Bertz CT molecular complexity index is 562. The average molecular weight is 284 g/mol. The molecule has 1 atom stereocenters. The molecule has 2 nitrogen and oxygen atoms in total. The standard InChI is InChI=1S/C10H9N.C9H19N/c1-8-2-3-10-7-11-5-4-9(10)6-8;1-8(2)6-10-5-4-9(3)7-10/h2-7H,1H3;8-9H,4-7H2,1-3H3/t;9-/m.1/s1. The van der Waals surface area contributed by atoms with E-state index in [-0.39, 0.29) is 0 Å². The zero-order valence-corrected chi connectivity index (χ0v) is 13.8. The van der Waals surface area contributed by atoms with E-state index in [0.717, 1.165) is 11.8 Å². The molecule has 1 aromatic carbocycles. The van der Waals surface area contributed by atoms with Crippen molar-refractivity contribution in [3.8, 4) is 0 Å². The smallest absolute Gasteiger partial charge is 0.0346 e. The summed E-state index contributed by atoms with van der Waals surface area (Å²) in [6.45, 7) is 13.0. The van der Waals surface area contributed by atoms with Gasteiger partial charge in [-0.15, -0.1) is 0 Å². The van der Waals surface area contributed by atoms with E-state index in [1.165, 1.54) is 42.4 Å². The molecule has 1 aromatic heterocycles. The molecule has 1 aliphatic heterocycles. The minimum Gasteiger partial charge on any atom is -0.303 e. The highest BCUT2D eigenvalue weighted by Crippen LogP contribution is 2.15. The van der Waals surface area contributed by atoms with Crippen molar-refractivity contribution in [1.82, 2.24) is 9.88 Å². The summed E-state index contributed by atoms with van der Waals surface area (Å²) in [6.07, 6.45) is 5.11. The molecule has 1 saturated heterocycles. The van der Waals surface area contributed by atoms with Crippen molar-refractivity contribution in [1.29, 1.82) is 0 Å². The maximum Gasteiger partial charge on any atom is 0.0346 e. The highest BCUT2D eigenvalue weighted by molar-refractivity contribution is 5.81. The first-order chi connectivity index (χ1) is 10.0. The van der Waals surface area contributed by atoms with Gasteiger partial charge in [-0.25, -0.2) is 0 Å². The van der Waals surface area contributed by atoms with Gasteiger partial charge >= 0.3 is 0 Å². The van der Waals surface area contributed by atoms with Crippen molar-refractivity contribution >= 4 is 10.8 Å². The van der Waals surface area contributed by atoms with Crippen LogP contribution in [0.5, 0.6) is 0 Å². The fourth-order valence-corrected chi connectivity index (χ4v) is 2.91. The van der Waals surface area contributed by atoms with Gasteiger partial charge < -0.3 is 4.90 Å². The first kappa shape index (κ1) is 16.0. The van der Waals surface area contributed by atoms with E-state index in [2.05, 4.69) is 55.8 Å². The Labute approximate surface area is 129 Å². The summed E-state index contributed by atoms with van der Waals surface area (Å²) in [4.78, 5) is 6.62. The average Bonchev–Trinajstić information content (AvgIpc) is 2.84. The minimum absolute atomic E-state index is 0.838. The van der Waals surface area contributed by atoms with Gasteiger partial charge in [0.25, 0.3) is 0 Å². The lowest BCUT2D eigenvalue weighted by Gasteiger charge is -2.17. The maximum atomic E-state index is 4.04. The van der Waals surface area contributed by atoms with Crippen molar-refractivity contribution < 1.29 is 0 Å². The van der Waals surface area contributed by atoms with Gasteiger partial charge in [0.2, 0.25) is 0 Å². The molecule has 21 heavy (non-hydrogen) atoms. The number of rotatable bonds is 2. The van der Waals surface area contributed by atoms with Gasteiger partial charge in [-0.1, -0.05) is 44.5 Å². The molecule has 2 aromatic rings. The van der Waals surface area contributed by atoms with Gasteiger partial charge in [0.1, 0.15) is 0 Å². The number of benzene rings is 1.